The van der Waals surface area contributed by atoms with Gasteiger partial charge in [-0.15, -0.1) is 0 Å². The summed E-state index contributed by atoms with van der Waals surface area (Å²) < 4.78 is 18.0. The lowest BCUT2D eigenvalue weighted by Gasteiger charge is -2.17. The second-order valence-corrected chi connectivity index (χ2v) is 5.14. The van der Waals surface area contributed by atoms with Crippen LogP contribution < -0.4 is 5.32 Å². The van der Waals surface area contributed by atoms with Crippen molar-refractivity contribution >= 4 is 11.9 Å². The van der Waals surface area contributed by atoms with E-state index in [1.807, 2.05) is 30.3 Å². The van der Waals surface area contributed by atoms with Crippen LogP contribution in [0.15, 0.2) is 67.3 Å². The smallest absolute Gasteiger partial charge is 0.329 e. The van der Waals surface area contributed by atoms with Gasteiger partial charge in [-0.3, -0.25) is 4.79 Å². The van der Waals surface area contributed by atoms with E-state index in [-0.39, 0.29) is 12.2 Å². The Balaban J connectivity index is 2.12. The first-order valence-corrected chi connectivity index (χ1v) is 7.48. The summed E-state index contributed by atoms with van der Waals surface area (Å²) in [6.45, 7) is 3.56. The molecule has 0 fully saturated rings. The summed E-state index contributed by atoms with van der Waals surface area (Å²) in [4.78, 5) is 24.5. The zero-order valence-electron chi connectivity index (χ0n) is 13.1. The van der Waals surface area contributed by atoms with Crippen molar-refractivity contribution in [3.8, 4) is 0 Å². The molecule has 4 nitrogen and oxygen atoms in total. The first-order valence-electron chi connectivity index (χ1n) is 7.48. The number of hydrogen-bond acceptors (Lipinski definition) is 3. The quantitative estimate of drug-likeness (QED) is 0.628. The van der Waals surface area contributed by atoms with Crippen molar-refractivity contribution in [2.24, 2.45) is 0 Å². The van der Waals surface area contributed by atoms with Crippen LogP contribution in [-0.4, -0.2) is 24.5 Å². The number of rotatable bonds is 7. The van der Waals surface area contributed by atoms with Gasteiger partial charge in [-0.2, -0.15) is 0 Å². The maximum Gasteiger partial charge on any atom is 0.329 e. The van der Waals surface area contributed by atoms with Crippen molar-refractivity contribution in [3.05, 3.63) is 84.2 Å². The van der Waals surface area contributed by atoms with E-state index in [9.17, 15) is 14.0 Å². The van der Waals surface area contributed by atoms with Crippen LogP contribution in [0.25, 0.3) is 0 Å². The molecule has 0 radical (unpaired) electrons. The minimum absolute atomic E-state index is 0.0660. The number of carbonyl (C=O) groups is 2. The van der Waals surface area contributed by atoms with E-state index >= 15 is 0 Å². The second kappa shape index (κ2) is 8.62. The van der Waals surface area contributed by atoms with Gasteiger partial charge in [-0.25, -0.2) is 9.18 Å². The van der Waals surface area contributed by atoms with Gasteiger partial charge in [-0.05, 0) is 29.8 Å². The third-order valence-corrected chi connectivity index (χ3v) is 3.32. The van der Waals surface area contributed by atoms with Gasteiger partial charge in [0.05, 0.1) is 0 Å². The topological polar surface area (TPSA) is 55.4 Å². The number of carbonyl (C=O) groups excluding carboxylic acids is 2. The standard InChI is InChI=1S/C19H18FNO3/c1-2-12-24-19(23)17(13-14-6-4-3-5-7-14)21-18(22)15-8-10-16(20)11-9-15/h2-11,17H,1,12-13H2,(H,21,22)/t17-/m0/s1. The van der Waals surface area contributed by atoms with Crippen molar-refractivity contribution < 1.29 is 18.7 Å². The fraction of sp³-hybridized carbons (Fsp3) is 0.158. The molecule has 2 aromatic carbocycles. The lowest BCUT2D eigenvalue weighted by atomic mass is 10.1. The first kappa shape index (κ1) is 17.4. The Morgan fingerprint density at radius 2 is 1.79 bits per heavy atom. The minimum atomic E-state index is -0.843. The Kier molecular flexibility index (Phi) is 6.25. The van der Waals surface area contributed by atoms with Gasteiger partial charge in [0.1, 0.15) is 18.5 Å². The fourth-order valence-electron chi connectivity index (χ4n) is 2.13. The van der Waals surface area contributed by atoms with Gasteiger partial charge in [0.2, 0.25) is 0 Å². The van der Waals surface area contributed by atoms with Gasteiger partial charge in [-0.1, -0.05) is 43.0 Å². The summed E-state index contributed by atoms with van der Waals surface area (Å²) in [6, 6.07) is 13.5. The maximum absolute atomic E-state index is 13.0. The summed E-state index contributed by atoms with van der Waals surface area (Å²) in [5.74, 6) is -1.45. The maximum atomic E-state index is 13.0. The van der Waals surface area contributed by atoms with E-state index in [1.165, 1.54) is 30.3 Å². The van der Waals surface area contributed by atoms with Crippen LogP contribution in [0.2, 0.25) is 0 Å². The molecule has 0 unspecified atom stereocenters. The van der Waals surface area contributed by atoms with Crippen LogP contribution in [0.5, 0.6) is 0 Å². The van der Waals surface area contributed by atoms with Crippen LogP contribution in [0.4, 0.5) is 4.39 Å². The summed E-state index contributed by atoms with van der Waals surface area (Å²) >= 11 is 0. The molecular formula is C19H18FNO3. The first-order chi connectivity index (χ1) is 11.6. The molecule has 0 heterocycles. The molecule has 0 aliphatic carbocycles. The predicted molar refractivity (Wildman–Crippen MR) is 89.0 cm³/mol. The fourth-order valence-corrected chi connectivity index (χ4v) is 2.13. The molecule has 0 aliphatic rings. The molecule has 0 aromatic heterocycles. The number of esters is 1. The molecule has 124 valence electrons. The van der Waals surface area contributed by atoms with Gasteiger partial charge in [0.25, 0.3) is 5.91 Å². The predicted octanol–water partition coefficient (Wildman–Crippen LogP) is 2.90. The summed E-state index contributed by atoms with van der Waals surface area (Å²) in [5.41, 5.74) is 1.16. The molecule has 0 saturated heterocycles. The SMILES string of the molecule is C=CCOC(=O)[C@H](Cc1ccccc1)NC(=O)c1ccc(F)cc1. The zero-order valence-corrected chi connectivity index (χ0v) is 13.1. The van der Waals surface area contributed by atoms with Crippen LogP contribution >= 0.6 is 0 Å². The van der Waals surface area contributed by atoms with Gasteiger partial charge in [0, 0.05) is 12.0 Å². The number of halogens is 1. The highest BCUT2D eigenvalue weighted by Crippen LogP contribution is 2.08. The molecule has 5 heteroatoms. The largest absolute Gasteiger partial charge is 0.460 e. The third-order valence-electron chi connectivity index (χ3n) is 3.32. The van der Waals surface area contributed by atoms with E-state index < -0.39 is 23.7 Å². The van der Waals surface area contributed by atoms with E-state index in [4.69, 9.17) is 4.74 Å². The monoisotopic (exact) mass is 327 g/mol. The van der Waals surface area contributed by atoms with Gasteiger partial charge < -0.3 is 10.1 Å². The molecule has 2 aromatic rings. The molecule has 1 amide bonds. The highest BCUT2D eigenvalue weighted by molar-refractivity contribution is 5.96. The Bertz CT molecular complexity index is 698. The number of nitrogens with one attached hydrogen (secondary N) is 1. The highest BCUT2D eigenvalue weighted by atomic mass is 19.1. The average molecular weight is 327 g/mol. The Labute approximate surface area is 140 Å². The lowest BCUT2D eigenvalue weighted by molar-refractivity contribution is -0.144. The van der Waals surface area contributed by atoms with Crippen LogP contribution in [0.1, 0.15) is 15.9 Å². The highest BCUT2D eigenvalue weighted by Gasteiger charge is 2.23. The van der Waals surface area contributed by atoms with Crippen molar-refractivity contribution in [1.29, 1.82) is 0 Å². The molecule has 0 spiro atoms. The summed E-state index contributed by atoms with van der Waals surface area (Å²) in [5, 5.41) is 2.64. The van der Waals surface area contributed by atoms with E-state index in [1.54, 1.807) is 0 Å². The molecule has 2 rings (SSSR count). The molecular weight excluding hydrogens is 309 g/mol. The Morgan fingerprint density at radius 3 is 2.42 bits per heavy atom. The number of ether oxygens (including phenoxy) is 1. The molecule has 1 atom stereocenters. The van der Waals surface area contributed by atoms with Crippen molar-refractivity contribution in [3.63, 3.8) is 0 Å². The van der Waals surface area contributed by atoms with Gasteiger partial charge in [0.15, 0.2) is 0 Å². The van der Waals surface area contributed by atoms with Crippen molar-refractivity contribution in [2.75, 3.05) is 6.61 Å². The Morgan fingerprint density at radius 1 is 1.12 bits per heavy atom. The lowest BCUT2D eigenvalue weighted by Crippen LogP contribution is -2.43. The van der Waals surface area contributed by atoms with Crippen molar-refractivity contribution in [2.45, 2.75) is 12.5 Å². The molecule has 0 aliphatic heterocycles. The summed E-state index contributed by atoms with van der Waals surface area (Å²) in [6.07, 6.45) is 1.75. The molecule has 0 bridgehead atoms. The van der Waals surface area contributed by atoms with E-state index in [0.717, 1.165) is 5.56 Å². The second-order valence-electron chi connectivity index (χ2n) is 5.14. The van der Waals surface area contributed by atoms with E-state index in [2.05, 4.69) is 11.9 Å². The number of benzene rings is 2. The van der Waals surface area contributed by atoms with Crippen molar-refractivity contribution in [1.82, 2.24) is 5.32 Å². The van der Waals surface area contributed by atoms with Crippen LogP contribution in [-0.2, 0) is 16.0 Å². The minimum Gasteiger partial charge on any atom is -0.460 e. The van der Waals surface area contributed by atoms with Crippen LogP contribution in [0.3, 0.4) is 0 Å². The zero-order chi connectivity index (χ0) is 17.4. The summed E-state index contributed by atoms with van der Waals surface area (Å²) in [7, 11) is 0. The normalized spacial score (nSPS) is 11.4. The number of amides is 1. The number of hydrogen-bond donors (Lipinski definition) is 1. The van der Waals surface area contributed by atoms with E-state index in [0.29, 0.717) is 6.42 Å². The van der Waals surface area contributed by atoms with Crippen LogP contribution in [0, 0.1) is 5.82 Å². The molecule has 0 saturated carbocycles. The molecule has 24 heavy (non-hydrogen) atoms. The van der Waals surface area contributed by atoms with Gasteiger partial charge >= 0.3 is 5.97 Å². The third kappa shape index (κ3) is 5.05. The molecule has 1 N–H and O–H groups in total. The Hall–Kier alpha value is -2.95. The average Bonchev–Trinajstić information content (AvgIpc) is 2.60.